The molecule has 3 rings (SSSR count). The third kappa shape index (κ3) is 6.78. The zero-order chi connectivity index (χ0) is 22.2. The third-order valence-corrected chi connectivity index (χ3v) is 5.45. The van der Waals surface area contributed by atoms with Crippen molar-refractivity contribution in [3.05, 3.63) is 69.1 Å². The molecule has 2 N–H and O–H groups in total. The van der Waals surface area contributed by atoms with Crippen LogP contribution in [0.3, 0.4) is 0 Å². The highest BCUT2D eigenvalue weighted by molar-refractivity contribution is 7.15. The smallest absolute Gasteiger partial charge is 0.286 e. The molecular formula is C21H18Cl2N4O3S. The number of carbonyl (C=O) groups excluding carboxylic acids is 2. The molecule has 0 fully saturated rings. The van der Waals surface area contributed by atoms with E-state index in [-0.39, 0.29) is 23.4 Å². The summed E-state index contributed by atoms with van der Waals surface area (Å²) in [7, 11) is 0. The first kappa shape index (κ1) is 22.7. The number of halogens is 2. The topological polar surface area (TPSA) is 93.2 Å². The highest BCUT2D eigenvalue weighted by atomic mass is 35.5. The van der Waals surface area contributed by atoms with Crippen LogP contribution in [0.15, 0.2) is 48.5 Å². The lowest BCUT2D eigenvalue weighted by atomic mass is 10.2. The number of nitrogens with one attached hydrogen (secondary N) is 2. The fourth-order valence-electron chi connectivity index (χ4n) is 2.39. The Hall–Kier alpha value is -2.94. The van der Waals surface area contributed by atoms with Gasteiger partial charge in [-0.15, -0.1) is 10.2 Å². The van der Waals surface area contributed by atoms with E-state index in [4.69, 9.17) is 27.9 Å². The Morgan fingerprint density at radius 3 is 2.42 bits per heavy atom. The summed E-state index contributed by atoms with van der Waals surface area (Å²) in [6.07, 6.45) is 1.70. The summed E-state index contributed by atoms with van der Waals surface area (Å²) in [5.41, 5.74) is 1.40. The molecule has 2 aromatic carbocycles. The predicted octanol–water partition coefficient (Wildman–Crippen LogP) is 4.70. The van der Waals surface area contributed by atoms with Gasteiger partial charge in [-0.1, -0.05) is 46.7 Å². The normalized spacial score (nSPS) is 11.1. The summed E-state index contributed by atoms with van der Waals surface area (Å²) >= 11 is 13.3. The zero-order valence-corrected chi connectivity index (χ0v) is 18.7. The maximum absolute atomic E-state index is 12.3. The number of carbonyl (C=O) groups is 2. The average Bonchev–Trinajstić information content (AvgIpc) is 3.26. The van der Waals surface area contributed by atoms with Crippen LogP contribution in [0, 0.1) is 0 Å². The molecule has 1 aromatic heterocycles. The number of ether oxygens (including phenoxy) is 1. The van der Waals surface area contributed by atoms with E-state index in [9.17, 15) is 9.59 Å². The highest BCUT2D eigenvalue weighted by Crippen LogP contribution is 2.26. The molecule has 0 aliphatic carbocycles. The summed E-state index contributed by atoms with van der Waals surface area (Å²) in [4.78, 5) is 23.8. The number of anilines is 1. The lowest BCUT2D eigenvalue weighted by Gasteiger charge is -2.06. The molecule has 0 aliphatic heterocycles. The molecule has 0 saturated heterocycles. The summed E-state index contributed by atoms with van der Waals surface area (Å²) in [6.45, 7) is 2.35. The van der Waals surface area contributed by atoms with Crippen LogP contribution in [-0.2, 0) is 4.79 Å². The number of hydrogen-bond donors (Lipinski definition) is 2. The molecule has 31 heavy (non-hydrogen) atoms. The Morgan fingerprint density at radius 2 is 1.74 bits per heavy atom. The summed E-state index contributed by atoms with van der Waals surface area (Å²) in [6, 6.07) is 13.8. The van der Waals surface area contributed by atoms with Crippen LogP contribution in [0.2, 0.25) is 5.02 Å². The molecule has 1 heterocycles. The highest BCUT2D eigenvalue weighted by Gasteiger charge is 2.15. The Bertz CT molecular complexity index is 1080. The average molecular weight is 477 g/mol. The van der Waals surface area contributed by atoms with Crippen LogP contribution in [0.25, 0.3) is 11.1 Å². The van der Waals surface area contributed by atoms with Gasteiger partial charge in [0.2, 0.25) is 5.01 Å². The van der Waals surface area contributed by atoms with Crippen LogP contribution in [0.4, 0.5) is 5.69 Å². The molecule has 10 heteroatoms. The van der Waals surface area contributed by atoms with Gasteiger partial charge in [0.05, 0.1) is 5.03 Å². The Labute approximate surface area is 193 Å². The van der Waals surface area contributed by atoms with Gasteiger partial charge in [0.15, 0.2) is 11.6 Å². The molecule has 160 valence electrons. The first-order valence-electron chi connectivity index (χ1n) is 9.22. The van der Waals surface area contributed by atoms with Crippen LogP contribution in [-0.4, -0.2) is 35.2 Å². The van der Waals surface area contributed by atoms with Gasteiger partial charge in [0.1, 0.15) is 5.75 Å². The van der Waals surface area contributed by atoms with Gasteiger partial charge < -0.3 is 15.4 Å². The van der Waals surface area contributed by atoms with Gasteiger partial charge in [0, 0.05) is 17.3 Å². The molecule has 0 unspecified atom stereocenters. The fraction of sp³-hybridized carbons (Fsp3) is 0.143. The van der Waals surface area contributed by atoms with Crippen molar-refractivity contribution in [2.75, 3.05) is 18.5 Å². The largest absolute Gasteiger partial charge is 0.484 e. The van der Waals surface area contributed by atoms with Gasteiger partial charge in [0.25, 0.3) is 11.8 Å². The number of nitrogens with zero attached hydrogens (tertiary/aromatic N) is 2. The maximum atomic E-state index is 12.3. The fourth-order valence-corrected chi connectivity index (χ4v) is 3.45. The van der Waals surface area contributed by atoms with Crippen LogP contribution < -0.4 is 15.4 Å². The van der Waals surface area contributed by atoms with E-state index in [0.29, 0.717) is 33.0 Å². The number of likely N-dealkylation sites (N-methyl/N-ethyl adjacent to an activating group) is 1. The quantitative estimate of drug-likeness (QED) is 0.491. The predicted molar refractivity (Wildman–Crippen MR) is 124 cm³/mol. The van der Waals surface area contributed by atoms with E-state index < -0.39 is 0 Å². The maximum Gasteiger partial charge on any atom is 0.286 e. The molecule has 0 atom stereocenters. The summed E-state index contributed by atoms with van der Waals surface area (Å²) < 4.78 is 5.41. The SMILES string of the molecule is CCNC(=O)COc1ccc(/C=C(\Cl)c2nnc(C(=O)Nc3ccc(Cl)cc3)s2)cc1. The van der Waals surface area contributed by atoms with E-state index >= 15 is 0 Å². The molecule has 0 radical (unpaired) electrons. The monoisotopic (exact) mass is 476 g/mol. The first-order valence-corrected chi connectivity index (χ1v) is 10.8. The van der Waals surface area contributed by atoms with Gasteiger partial charge in [-0.25, -0.2) is 0 Å². The second-order valence-corrected chi connectivity index (χ2v) is 8.00. The number of rotatable bonds is 8. The van der Waals surface area contributed by atoms with Crippen molar-refractivity contribution in [2.24, 2.45) is 0 Å². The molecular weight excluding hydrogens is 459 g/mol. The van der Waals surface area contributed by atoms with Crippen LogP contribution >= 0.6 is 34.5 Å². The van der Waals surface area contributed by atoms with E-state index in [0.717, 1.165) is 16.9 Å². The molecule has 0 aliphatic rings. The van der Waals surface area contributed by atoms with E-state index in [1.165, 1.54) is 0 Å². The van der Waals surface area contributed by atoms with Crippen molar-refractivity contribution in [1.82, 2.24) is 15.5 Å². The van der Waals surface area contributed by atoms with Gasteiger partial charge in [-0.05, 0) is 55.0 Å². The third-order valence-electron chi connectivity index (χ3n) is 3.84. The van der Waals surface area contributed by atoms with Crippen molar-refractivity contribution >= 4 is 63.1 Å². The minimum atomic E-state index is -0.385. The number of hydrogen-bond acceptors (Lipinski definition) is 6. The number of aromatic nitrogens is 2. The van der Waals surface area contributed by atoms with Gasteiger partial charge in [-0.3, -0.25) is 9.59 Å². The van der Waals surface area contributed by atoms with Crippen molar-refractivity contribution < 1.29 is 14.3 Å². The van der Waals surface area contributed by atoms with Crippen LogP contribution in [0.1, 0.15) is 27.3 Å². The van der Waals surface area contributed by atoms with Gasteiger partial charge in [-0.2, -0.15) is 0 Å². The lowest BCUT2D eigenvalue weighted by molar-refractivity contribution is -0.122. The second kappa shape index (κ2) is 10.9. The van der Waals surface area contributed by atoms with Gasteiger partial charge >= 0.3 is 0 Å². The standard InChI is InChI=1S/C21H18Cl2N4O3S/c1-2-24-18(28)12-30-16-9-3-13(4-10-16)11-17(23)20-26-27-21(31-20)19(29)25-15-7-5-14(22)6-8-15/h3-11H,2,12H2,1H3,(H,24,28)(H,25,29)/b17-11-. The number of amides is 2. The zero-order valence-electron chi connectivity index (χ0n) is 16.4. The Kier molecular flexibility index (Phi) is 8.00. The Morgan fingerprint density at radius 1 is 1.06 bits per heavy atom. The summed E-state index contributed by atoms with van der Waals surface area (Å²) in [5.74, 6) is 0.00226. The molecule has 0 saturated carbocycles. The molecule has 7 nitrogen and oxygen atoms in total. The minimum absolute atomic E-state index is 0.0462. The van der Waals surface area contributed by atoms with E-state index in [2.05, 4.69) is 20.8 Å². The van der Waals surface area contributed by atoms with Crippen molar-refractivity contribution in [1.29, 1.82) is 0 Å². The summed E-state index contributed by atoms with van der Waals surface area (Å²) in [5, 5.41) is 14.8. The second-order valence-electron chi connectivity index (χ2n) is 6.18. The Balaban J connectivity index is 1.61. The molecule has 2 amide bonds. The van der Waals surface area contributed by atoms with E-state index in [1.54, 1.807) is 54.6 Å². The number of benzene rings is 2. The van der Waals surface area contributed by atoms with Crippen molar-refractivity contribution in [3.63, 3.8) is 0 Å². The van der Waals surface area contributed by atoms with Crippen molar-refractivity contribution in [2.45, 2.75) is 6.92 Å². The molecule has 3 aromatic rings. The molecule has 0 bridgehead atoms. The first-order chi connectivity index (χ1) is 14.9. The minimum Gasteiger partial charge on any atom is -0.484 e. The van der Waals surface area contributed by atoms with Crippen LogP contribution in [0.5, 0.6) is 5.75 Å². The molecule has 0 spiro atoms. The lowest BCUT2D eigenvalue weighted by Crippen LogP contribution is -2.28. The van der Waals surface area contributed by atoms with E-state index in [1.807, 2.05) is 6.92 Å². The van der Waals surface area contributed by atoms with Crippen molar-refractivity contribution in [3.8, 4) is 5.75 Å².